The molecule has 0 aromatic rings. The lowest BCUT2D eigenvalue weighted by molar-refractivity contribution is 0.00396. The number of hydrogen-bond acceptors (Lipinski definition) is 2. The third-order valence-electron chi connectivity index (χ3n) is 2.61. The number of hydrogen-bond donors (Lipinski definition) is 1. The van der Waals surface area contributed by atoms with E-state index >= 15 is 0 Å². The third-order valence-corrected chi connectivity index (χ3v) is 2.61. The molecule has 0 rings (SSSR count). The lowest BCUT2D eigenvalue weighted by atomic mass is 10.1. The molecule has 0 aliphatic heterocycles. The summed E-state index contributed by atoms with van der Waals surface area (Å²) in [5, 5.41) is 3.30. The van der Waals surface area contributed by atoms with E-state index in [0.29, 0.717) is 12.2 Å². The van der Waals surface area contributed by atoms with Gasteiger partial charge in [-0.15, -0.1) is 0 Å². The first-order valence-electron chi connectivity index (χ1n) is 6.56. The van der Waals surface area contributed by atoms with Gasteiger partial charge in [-0.05, 0) is 26.8 Å². The highest BCUT2D eigenvalue weighted by Crippen LogP contribution is 2.09. The van der Waals surface area contributed by atoms with E-state index in [1.54, 1.807) is 0 Å². The van der Waals surface area contributed by atoms with Gasteiger partial charge in [0.05, 0.1) is 12.2 Å². The van der Waals surface area contributed by atoms with Gasteiger partial charge in [0.1, 0.15) is 0 Å². The molecule has 2 nitrogen and oxygen atoms in total. The Morgan fingerprint density at radius 3 is 2.33 bits per heavy atom. The van der Waals surface area contributed by atoms with E-state index < -0.39 is 0 Å². The molecule has 0 aliphatic carbocycles. The van der Waals surface area contributed by atoms with Gasteiger partial charge in [0.15, 0.2) is 0 Å². The molecule has 0 spiro atoms. The molecule has 92 valence electrons. The molecule has 2 atom stereocenters. The average Bonchev–Trinajstić information content (AvgIpc) is 2.21. The van der Waals surface area contributed by atoms with Crippen LogP contribution in [0.2, 0.25) is 0 Å². The van der Waals surface area contributed by atoms with Gasteiger partial charge in [-0.2, -0.15) is 0 Å². The zero-order chi connectivity index (χ0) is 11.5. The summed E-state index contributed by atoms with van der Waals surface area (Å²) in [6, 6.07) is 0. The number of ether oxygens (including phenoxy) is 1. The van der Waals surface area contributed by atoms with Crippen molar-refractivity contribution in [3.8, 4) is 0 Å². The second-order valence-electron chi connectivity index (χ2n) is 4.41. The maximum Gasteiger partial charge on any atom is 0.0674 e. The predicted molar refractivity (Wildman–Crippen MR) is 67.3 cm³/mol. The molecular weight excluding hydrogens is 186 g/mol. The molecule has 1 N–H and O–H groups in total. The highest BCUT2D eigenvalue weighted by molar-refractivity contribution is 4.58. The Morgan fingerprint density at radius 1 is 1.00 bits per heavy atom. The lowest BCUT2D eigenvalue weighted by Gasteiger charge is -2.19. The number of likely N-dealkylation sites (N-methyl/N-ethyl adjacent to an activating group) is 1. The summed E-state index contributed by atoms with van der Waals surface area (Å²) in [6.45, 7) is 10.7. The van der Waals surface area contributed by atoms with Crippen LogP contribution in [0.1, 0.15) is 59.8 Å². The van der Waals surface area contributed by atoms with Crippen LogP contribution in [-0.4, -0.2) is 25.3 Å². The van der Waals surface area contributed by atoms with Crippen molar-refractivity contribution in [3.05, 3.63) is 0 Å². The fraction of sp³-hybridized carbons (Fsp3) is 1.00. The maximum absolute atomic E-state index is 5.87. The van der Waals surface area contributed by atoms with Crippen molar-refractivity contribution in [1.29, 1.82) is 0 Å². The van der Waals surface area contributed by atoms with Gasteiger partial charge in [0.2, 0.25) is 0 Å². The summed E-state index contributed by atoms with van der Waals surface area (Å²) >= 11 is 0. The maximum atomic E-state index is 5.87. The molecule has 2 unspecified atom stereocenters. The van der Waals surface area contributed by atoms with Crippen LogP contribution < -0.4 is 5.32 Å². The molecule has 0 saturated carbocycles. The number of unbranched alkanes of at least 4 members (excludes halogenated alkanes) is 3. The van der Waals surface area contributed by atoms with E-state index in [1.807, 2.05) is 0 Å². The quantitative estimate of drug-likeness (QED) is 0.564. The summed E-state index contributed by atoms with van der Waals surface area (Å²) in [7, 11) is 0. The largest absolute Gasteiger partial charge is 0.374 e. The SMILES string of the molecule is CCCCCCC(C)OC(C)CNCC. The first kappa shape index (κ1) is 14.9. The monoisotopic (exact) mass is 215 g/mol. The van der Waals surface area contributed by atoms with Crippen molar-refractivity contribution in [3.63, 3.8) is 0 Å². The van der Waals surface area contributed by atoms with Gasteiger partial charge in [0.25, 0.3) is 0 Å². The number of rotatable bonds is 10. The highest BCUT2D eigenvalue weighted by Gasteiger charge is 2.07. The molecule has 0 fully saturated rings. The van der Waals surface area contributed by atoms with Crippen molar-refractivity contribution >= 4 is 0 Å². The van der Waals surface area contributed by atoms with Crippen LogP contribution in [0.4, 0.5) is 0 Å². The topological polar surface area (TPSA) is 21.3 Å². The third kappa shape index (κ3) is 10.2. The standard InChI is InChI=1S/C13H29NO/c1-5-7-8-9-10-12(3)15-13(4)11-14-6-2/h12-14H,5-11H2,1-4H3. The summed E-state index contributed by atoms with van der Waals surface area (Å²) < 4.78 is 5.87. The molecule has 0 heterocycles. The van der Waals surface area contributed by atoms with Crippen LogP contribution in [0.15, 0.2) is 0 Å². The summed E-state index contributed by atoms with van der Waals surface area (Å²) in [5.41, 5.74) is 0. The van der Waals surface area contributed by atoms with Crippen molar-refractivity contribution in [2.75, 3.05) is 13.1 Å². The van der Waals surface area contributed by atoms with E-state index in [9.17, 15) is 0 Å². The Morgan fingerprint density at radius 2 is 1.73 bits per heavy atom. The fourth-order valence-electron chi connectivity index (χ4n) is 1.72. The molecule has 0 aromatic heterocycles. The Labute approximate surface area is 95.8 Å². The Bertz CT molecular complexity index is 128. The zero-order valence-corrected chi connectivity index (χ0v) is 11.0. The molecule has 0 aromatic carbocycles. The van der Waals surface area contributed by atoms with Crippen LogP contribution in [0.5, 0.6) is 0 Å². The fourth-order valence-corrected chi connectivity index (χ4v) is 1.72. The van der Waals surface area contributed by atoms with Crippen LogP contribution in [0.3, 0.4) is 0 Å². The smallest absolute Gasteiger partial charge is 0.0674 e. The molecule has 2 heteroatoms. The molecular formula is C13H29NO. The molecule has 15 heavy (non-hydrogen) atoms. The van der Waals surface area contributed by atoms with Crippen LogP contribution in [-0.2, 0) is 4.74 Å². The van der Waals surface area contributed by atoms with Gasteiger partial charge >= 0.3 is 0 Å². The molecule has 0 amide bonds. The van der Waals surface area contributed by atoms with Gasteiger partial charge in [-0.25, -0.2) is 0 Å². The Kier molecular flexibility index (Phi) is 10.4. The van der Waals surface area contributed by atoms with E-state index in [1.165, 1.54) is 32.1 Å². The van der Waals surface area contributed by atoms with Crippen LogP contribution in [0, 0.1) is 0 Å². The van der Waals surface area contributed by atoms with Crippen molar-refractivity contribution in [2.45, 2.75) is 72.0 Å². The molecule has 0 aliphatic rings. The van der Waals surface area contributed by atoms with E-state index in [2.05, 4.69) is 33.0 Å². The highest BCUT2D eigenvalue weighted by atomic mass is 16.5. The van der Waals surface area contributed by atoms with Crippen molar-refractivity contribution in [1.82, 2.24) is 5.32 Å². The Hall–Kier alpha value is -0.0800. The average molecular weight is 215 g/mol. The summed E-state index contributed by atoms with van der Waals surface area (Å²) in [6.07, 6.45) is 7.29. The van der Waals surface area contributed by atoms with E-state index in [-0.39, 0.29) is 0 Å². The number of nitrogens with one attached hydrogen (secondary N) is 1. The lowest BCUT2D eigenvalue weighted by Crippen LogP contribution is -2.29. The summed E-state index contributed by atoms with van der Waals surface area (Å²) in [4.78, 5) is 0. The second kappa shape index (κ2) is 10.4. The first-order valence-corrected chi connectivity index (χ1v) is 6.56. The van der Waals surface area contributed by atoms with Crippen molar-refractivity contribution < 1.29 is 4.74 Å². The molecule has 0 radical (unpaired) electrons. The van der Waals surface area contributed by atoms with E-state index in [4.69, 9.17) is 4.74 Å². The Balaban J connectivity index is 3.33. The minimum absolute atomic E-state index is 0.339. The van der Waals surface area contributed by atoms with Gasteiger partial charge in [-0.1, -0.05) is 39.5 Å². The summed E-state index contributed by atoms with van der Waals surface area (Å²) in [5.74, 6) is 0. The van der Waals surface area contributed by atoms with Gasteiger partial charge in [0, 0.05) is 6.54 Å². The van der Waals surface area contributed by atoms with E-state index in [0.717, 1.165) is 13.1 Å². The normalized spacial score (nSPS) is 15.2. The molecule has 0 bridgehead atoms. The first-order chi connectivity index (χ1) is 7.20. The predicted octanol–water partition coefficient (Wildman–Crippen LogP) is 3.36. The minimum atomic E-state index is 0.339. The second-order valence-corrected chi connectivity index (χ2v) is 4.41. The van der Waals surface area contributed by atoms with Crippen LogP contribution in [0.25, 0.3) is 0 Å². The van der Waals surface area contributed by atoms with Crippen LogP contribution >= 0.6 is 0 Å². The van der Waals surface area contributed by atoms with Crippen molar-refractivity contribution in [2.24, 2.45) is 0 Å². The zero-order valence-electron chi connectivity index (χ0n) is 11.0. The minimum Gasteiger partial charge on any atom is -0.374 e. The van der Waals surface area contributed by atoms with Gasteiger partial charge < -0.3 is 10.1 Å². The molecule has 0 saturated heterocycles. The van der Waals surface area contributed by atoms with Gasteiger partial charge in [-0.3, -0.25) is 0 Å².